The predicted molar refractivity (Wildman–Crippen MR) is 318 cm³/mol. The zero-order valence-corrected chi connectivity index (χ0v) is 48.1. The molecule has 8 aromatic rings. The number of rotatable bonds is 2. The monoisotopic (exact) mass is 1060 g/mol. The first-order valence-electron chi connectivity index (χ1n) is 27.9. The molecule has 9 rings (SSSR count). The molecule has 8 N–H and O–H groups in total. The van der Waals surface area contributed by atoms with E-state index in [1.54, 1.807) is 0 Å². The van der Waals surface area contributed by atoms with Crippen LogP contribution in [0.2, 0.25) is 0 Å². The third kappa shape index (κ3) is 11.3. The molecule has 0 aliphatic heterocycles. The van der Waals surface area contributed by atoms with Gasteiger partial charge in [-0.15, -0.1) is 0 Å². The maximum atomic E-state index is 12.3. The SMILES string of the molecule is CCC1c2cc(C)cc(c2O)Cc2cc(C)cc(c2O)Cc2cc(C(C)(C)C)cc(c2O)Cc2cc(C)cc(c2O)Cc2cc(C)cc(c2O)C(CC)c2cc(C)cc(c2O)Cc2cc(C)cc(c2O)Cc2cc(C)cc1c2O. The van der Waals surface area contributed by atoms with Gasteiger partial charge in [-0.1, -0.05) is 171 Å². The Labute approximate surface area is 467 Å². The fraction of sp³-hybridized carbons (Fsp3) is 0.324. The van der Waals surface area contributed by atoms with Crippen molar-refractivity contribution in [2.24, 2.45) is 0 Å². The highest BCUT2D eigenvalue weighted by molar-refractivity contribution is 5.61. The molecule has 2 atom stereocenters. The van der Waals surface area contributed by atoms with E-state index in [-0.39, 0.29) is 89.9 Å². The van der Waals surface area contributed by atoms with Crippen molar-refractivity contribution in [3.8, 4) is 46.0 Å². The van der Waals surface area contributed by atoms with Crippen molar-refractivity contribution in [3.63, 3.8) is 0 Å². The van der Waals surface area contributed by atoms with Crippen LogP contribution in [0.15, 0.2) is 97.1 Å². The van der Waals surface area contributed by atoms with Crippen LogP contribution in [0.5, 0.6) is 46.0 Å². The number of hydrogen-bond donors (Lipinski definition) is 8. The van der Waals surface area contributed by atoms with Gasteiger partial charge < -0.3 is 40.9 Å². The first-order valence-corrected chi connectivity index (χ1v) is 27.9. The maximum Gasteiger partial charge on any atom is 0.122 e. The number of phenols is 8. The van der Waals surface area contributed by atoms with Gasteiger partial charge in [0.25, 0.3) is 0 Å². The Kier molecular flexibility index (Phi) is 15.4. The lowest BCUT2D eigenvalue weighted by Crippen LogP contribution is -2.13. The lowest BCUT2D eigenvalue weighted by Gasteiger charge is -2.24. The van der Waals surface area contributed by atoms with E-state index >= 15 is 0 Å². The van der Waals surface area contributed by atoms with Crippen molar-refractivity contribution in [2.75, 3.05) is 0 Å². The number of hydrogen-bond acceptors (Lipinski definition) is 8. The third-order valence-corrected chi connectivity index (χ3v) is 16.4. The van der Waals surface area contributed by atoms with Crippen LogP contribution in [0.25, 0.3) is 0 Å². The minimum Gasteiger partial charge on any atom is -0.507 e. The van der Waals surface area contributed by atoms with Crippen LogP contribution in [-0.2, 0) is 43.9 Å². The standard InChI is InChI=1S/C71H78O8/c1-13-57-59-25-40(6)21-50(67(59)76)29-44-15-37(3)16-45(63(44)72)30-51-22-41(7)26-60(68(51)77)58(14-2)62-28-43(9)24-53(70(62)79)32-47-18-39(5)20-49(65(47)74)34-55-36-56(71(10,11)12)35-54(66(55)75)33-48-19-38(4)17-46(64(48)73)31-52-23-42(8)27-61(57)69(52)78/h15-28,35-36,57-58,72-79H,13-14,29-34H2,1-12H3. The lowest BCUT2D eigenvalue weighted by molar-refractivity contribution is 0.444. The molecular weight excluding hydrogens is 981 g/mol. The smallest absolute Gasteiger partial charge is 0.122 e. The molecule has 79 heavy (non-hydrogen) atoms. The quantitative estimate of drug-likeness (QED) is 0.0849. The molecule has 1 aliphatic rings. The van der Waals surface area contributed by atoms with E-state index in [4.69, 9.17) is 0 Å². The summed E-state index contributed by atoms with van der Waals surface area (Å²) >= 11 is 0. The first kappa shape index (κ1) is 55.9. The van der Waals surface area contributed by atoms with Gasteiger partial charge in [-0.3, -0.25) is 0 Å². The van der Waals surface area contributed by atoms with E-state index in [2.05, 4.69) is 20.8 Å². The molecule has 8 heteroatoms. The minimum absolute atomic E-state index is 0.0746. The van der Waals surface area contributed by atoms with Gasteiger partial charge in [0.2, 0.25) is 0 Å². The van der Waals surface area contributed by atoms with Gasteiger partial charge in [0.1, 0.15) is 46.0 Å². The van der Waals surface area contributed by atoms with Gasteiger partial charge in [-0.2, -0.15) is 0 Å². The molecule has 2 unspecified atom stereocenters. The van der Waals surface area contributed by atoms with Gasteiger partial charge >= 0.3 is 0 Å². The average Bonchev–Trinajstić information content (AvgIpc) is 3.40. The van der Waals surface area contributed by atoms with Crippen molar-refractivity contribution in [3.05, 3.63) is 231 Å². The van der Waals surface area contributed by atoms with Crippen LogP contribution in [0.1, 0.15) is 193 Å². The van der Waals surface area contributed by atoms with Crippen LogP contribution in [-0.4, -0.2) is 40.9 Å². The molecule has 0 spiro atoms. The topological polar surface area (TPSA) is 162 Å². The van der Waals surface area contributed by atoms with Crippen LogP contribution >= 0.6 is 0 Å². The highest BCUT2D eigenvalue weighted by Gasteiger charge is 2.29. The first-order chi connectivity index (χ1) is 37.3. The molecule has 0 heterocycles. The number of aryl methyl sites for hydroxylation is 7. The molecule has 0 fully saturated rings. The molecular formula is C71H78O8. The summed E-state index contributed by atoms with van der Waals surface area (Å²) < 4.78 is 0. The minimum atomic E-state index is -0.408. The second-order valence-corrected chi connectivity index (χ2v) is 24.1. The Morgan fingerprint density at radius 1 is 0.278 bits per heavy atom. The fourth-order valence-electron chi connectivity index (χ4n) is 12.7. The molecule has 1 aliphatic carbocycles. The molecule has 0 saturated heterocycles. The summed E-state index contributed by atoms with van der Waals surface area (Å²) in [6, 6.07) is 31.2. The maximum absolute atomic E-state index is 12.3. The molecule has 16 bridgehead atoms. The van der Waals surface area contributed by atoms with E-state index in [1.807, 2.05) is 159 Å². The highest BCUT2D eigenvalue weighted by Crippen LogP contribution is 2.47. The van der Waals surface area contributed by atoms with Gasteiger partial charge in [-0.05, 0) is 139 Å². The summed E-state index contributed by atoms with van der Waals surface area (Å²) in [5.74, 6) is -0.163. The summed E-state index contributed by atoms with van der Waals surface area (Å²) in [5.41, 5.74) is 17.2. The summed E-state index contributed by atoms with van der Waals surface area (Å²) in [6.45, 7) is 24.3. The Hall–Kier alpha value is -7.84. The van der Waals surface area contributed by atoms with E-state index in [0.29, 0.717) is 102 Å². The second-order valence-electron chi connectivity index (χ2n) is 24.1. The zero-order valence-electron chi connectivity index (χ0n) is 48.1. The number of phenolic OH excluding ortho intramolecular Hbond substituents is 8. The number of aromatic hydroxyl groups is 8. The normalized spacial score (nSPS) is 15.0. The molecule has 410 valence electrons. The van der Waals surface area contributed by atoms with E-state index in [1.165, 1.54) is 0 Å². The van der Waals surface area contributed by atoms with Crippen LogP contribution in [0.3, 0.4) is 0 Å². The van der Waals surface area contributed by atoms with Gasteiger partial charge in [0.05, 0.1) is 0 Å². The molecule has 0 saturated carbocycles. The third-order valence-electron chi connectivity index (χ3n) is 16.4. The average molecular weight is 1060 g/mol. The van der Waals surface area contributed by atoms with Crippen molar-refractivity contribution in [1.29, 1.82) is 0 Å². The lowest BCUT2D eigenvalue weighted by atomic mass is 9.82. The molecule has 0 radical (unpaired) electrons. The molecule has 0 amide bonds. The van der Waals surface area contributed by atoms with Gasteiger partial charge in [0.15, 0.2) is 0 Å². The van der Waals surface area contributed by atoms with Crippen LogP contribution < -0.4 is 0 Å². The van der Waals surface area contributed by atoms with E-state index in [0.717, 1.165) is 44.5 Å². The summed E-state index contributed by atoms with van der Waals surface area (Å²) in [5, 5.41) is 98.3. The summed E-state index contributed by atoms with van der Waals surface area (Å²) in [7, 11) is 0. The Morgan fingerprint density at radius 2 is 0.443 bits per heavy atom. The zero-order chi connectivity index (χ0) is 57.1. The van der Waals surface area contributed by atoms with Crippen molar-refractivity contribution in [2.45, 2.75) is 152 Å². The fourth-order valence-corrected chi connectivity index (χ4v) is 12.7. The predicted octanol–water partition coefficient (Wildman–Crippen LogP) is 15.7. The highest BCUT2D eigenvalue weighted by atomic mass is 16.3. The van der Waals surface area contributed by atoms with E-state index in [9.17, 15) is 40.9 Å². The van der Waals surface area contributed by atoms with Gasteiger partial charge in [0, 0.05) is 72.6 Å². The van der Waals surface area contributed by atoms with Crippen molar-refractivity contribution in [1.82, 2.24) is 0 Å². The number of fused-ring (bicyclic) bond motifs is 16. The summed E-state index contributed by atoms with van der Waals surface area (Å²) in [4.78, 5) is 0. The van der Waals surface area contributed by atoms with Gasteiger partial charge in [-0.25, -0.2) is 0 Å². The Bertz CT molecular complexity index is 3480. The Morgan fingerprint density at radius 3 is 0.620 bits per heavy atom. The Balaban J connectivity index is 1.24. The summed E-state index contributed by atoms with van der Waals surface area (Å²) in [6.07, 6.45) is 2.41. The van der Waals surface area contributed by atoms with Crippen LogP contribution in [0.4, 0.5) is 0 Å². The van der Waals surface area contributed by atoms with Crippen molar-refractivity contribution >= 4 is 0 Å². The second kappa shape index (κ2) is 21.8. The molecule has 0 aromatic heterocycles. The largest absolute Gasteiger partial charge is 0.507 e. The van der Waals surface area contributed by atoms with E-state index < -0.39 is 11.8 Å². The number of benzene rings is 8. The molecule has 8 nitrogen and oxygen atoms in total. The van der Waals surface area contributed by atoms with Crippen LogP contribution in [0, 0.1) is 48.5 Å². The molecule has 8 aromatic carbocycles. The van der Waals surface area contributed by atoms with Crippen molar-refractivity contribution < 1.29 is 40.9 Å².